The van der Waals surface area contributed by atoms with E-state index >= 15 is 0 Å². The molecule has 10 aromatic carbocycles. The van der Waals surface area contributed by atoms with Gasteiger partial charge in [-0.1, -0.05) is 188 Å². The predicted octanol–water partition coefficient (Wildman–Crippen LogP) is 17.1. The summed E-state index contributed by atoms with van der Waals surface area (Å²) in [6.45, 7) is 0. The van der Waals surface area contributed by atoms with Gasteiger partial charge in [0.25, 0.3) is 0 Å². The van der Waals surface area contributed by atoms with Crippen molar-refractivity contribution in [2.75, 3.05) is 4.90 Å². The van der Waals surface area contributed by atoms with Gasteiger partial charge in [0, 0.05) is 53.6 Å². The first-order valence-electron chi connectivity index (χ1n) is 21.9. The first-order valence-corrected chi connectivity index (χ1v) is 22.7. The number of nitrogens with zero attached hydrogens (tertiary/aromatic N) is 1. The van der Waals surface area contributed by atoms with Gasteiger partial charge < -0.3 is 9.32 Å². The Kier molecular flexibility index (Phi) is 8.34. The van der Waals surface area contributed by atoms with E-state index in [4.69, 9.17) is 4.42 Å². The SMILES string of the molecule is c1ccc(-c2ccc(N(c3ccc(-c4cccc5c4sc4ccccc45)cc3)c3ccc4c(c3)C(c3ccccc3)(c3ccccc3)c3ccc5c(oc6ccccc65)c3-4)cc2)cc1. The molecule has 0 bridgehead atoms. The van der Waals surface area contributed by atoms with Crippen molar-refractivity contribution in [3.63, 3.8) is 0 Å². The third-order valence-electron chi connectivity index (χ3n) is 13.4. The average molecular weight is 834 g/mol. The summed E-state index contributed by atoms with van der Waals surface area (Å²) >= 11 is 1.87. The molecule has 0 saturated heterocycles. The fraction of sp³-hybridized carbons (Fsp3) is 0.0164. The predicted molar refractivity (Wildman–Crippen MR) is 269 cm³/mol. The third-order valence-corrected chi connectivity index (χ3v) is 14.6. The van der Waals surface area contributed by atoms with Gasteiger partial charge in [-0.15, -0.1) is 11.3 Å². The van der Waals surface area contributed by atoms with E-state index in [-0.39, 0.29) is 0 Å². The standard InChI is InChI=1S/C61H39NOS/c1-4-15-40(16-5-1)41-27-31-45(32-28-41)62(46-33-29-42(30-34-46)48-23-14-24-52-50-22-11-13-26-57(50)64-60(48)52)47-35-36-53-55(39-47)61(43-17-6-2-7-18-43,44-19-8-3-9-20-44)54-38-37-51-49-21-10-12-25-56(49)63-59(51)58(53)54/h1-39H. The summed E-state index contributed by atoms with van der Waals surface area (Å²) in [4.78, 5) is 2.42. The zero-order valence-electron chi connectivity index (χ0n) is 34.8. The lowest BCUT2D eigenvalue weighted by atomic mass is 9.67. The molecule has 0 N–H and O–H groups in total. The smallest absolute Gasteiger partial charge is 0.143 e. The van der Waals surface area contributed by atoms with E-state index in [2.05, 4.69) is 241 Å². The number of hydrogen-bond donors (Lipinski definition) is 0. The van der Waals surface area contributed by atoms with Crippen molar-refractivity contribution < 1.29 is 4.42 Å². The van der Waals surface area contributed by atoms with Crippen LogP contribution in [0.25, 0.3) is 75.5 Å². The number of fused-ring (bicyclic) bond motifs is 10. The maximum atomic E-state index is 6.86. The molecule has 0 spiro atoms. The molecule has 0 unspecified atom stereocenters. The molecule has 0 saturated carbocycles. The molecular weight excluding hydrogens is 795 g/mol. The van der Waals surface area contributed by atoms with Gasteiger partial charge >= 0.3 is 0 Å². The summed E-state index contributed by atoms with van der Waals surface area (Å²) in [5.41, 5.74) is 16.5. The zero-order valence-corrected chi connectivity index (χ0v) is 35.6. The van der Waals surface area contributed by atoms with Crippen LogP contribution >= 0.6 is 11.3 Å². The second-order valence-corrected chi connectivity index (χ2v) is 17.8. The van der Waals surface area contributed by atoms with Gasteiger partial charge in [-0.25, -0.2) is 0 Å². The minimum atomic E-state index is -0.619. The Hall–Kier alpha value is -7.98. The molecule has 1 aliphatic rings. The average Bonchev–Trinajstić information content (AvgIpc) is 4.04. The molecule has 12 aromatic rings. The molecule has 0 atom stereocenters. The second-order valence-electron chi connectivity index (χ2n) is 16.8. The number of anilines is 3. The van der Waals surface area contributed by atoms with Crippen molar-refractivity contribution in [3.05, 3.63) is 259 Å². The number of rotatable bonds is 7. The van der Waals surface area contributed by atoms with Crippen molar-refractivity contribution in [3.8, 4) is 33.4 Å². The Balaban J connectivity index is 1.04. The highest BCUT2D eigenvalue weighted by molar-refractivity contribution is 7.26. The highest BCUT2D eigenvalue weighted by atomic mass is 32.1. The van der Waals surface area contributed by atoms with Crippen LogP contribution in [-0.2, 0) is 5.41 Å². The van der Waals surface area contributed by atoms with Crippen LogP contribution in [0.1, 0.15) is 22.3 Å². The first-order chi connectivity index (χ1) is 31.7. The molecule has 300 valence electrons. The molecule has 1 aliphatic carbocycles. The Bertz CT molecular complexity index is 3660. The van der Waals surface area contributed by atoms with Gasteiger partial charge in [0.1, 0.15) is 11.2 Å². The number of thiophene rings is 1. The minimum Gasteiger partial charge on any atom is -0.455 e. The number of para-hydroxylation sites is 1. The topological polar surface area (TPSA) is 16.4 Å². The zero-order chi connectivity index (χ0) is 42.2. The van der Waals surface area contributed by atoms with Crippen LogP contribution in [0.2, 0.25) is 0 Å². The molecule has 13 rings (SSSR count). The Morgan fingerprint density at radius 1 is 0.375 bits per heavy atom. The summed E-state index contributed by atoms with van der Waals surface area (Å²) in [7, 11) is 0. The van der Waals surface area contributed by atoms with E-state index < -0.39 is 5.41 Å². The lowest BCUT2D eigenvalue weighted by molar-refractivity contribution is 0.669. The minimum absolute atomic E-state index is 0.619. The van der Waals surface area contributed by atoms with E-state index in [0.29, 0.717) is 0 Å². The quantitative estimate of drug-likeness (QED) is 0.159. The van der Waals surface area contributed by atoms with Gasteiger partial charge in [-0.3, -0.25) is 0 Å². The maximum Gasteiger partial charge on any atom is 0.143 e. The summed E-state index contributed by atoms with van der Waals surface area (Å²) in [6.07, 6.45) is 0. The lowest BCUT2D eigenvalue weighted by Gasteiger charge is -2.35. The van der Waals surface area contributed by atoms with Gasteiger partial charge in [0.05, 0.1) is 5.41 Å². The summed E-state index contributed by atoms with van der Waals surface area (Å²) < 4.78 is 9.50. The molecule has 2 aromatic heterocycles. The molecular formula is C61H39NOS. The van der Waals surface area contributed by atoms with Crippen LogP contribution in [0, 0.1) is 0 Å². The summed E-state index contributed by atoms with van der Waals surface area (Å²) in [6, 6.07) is 86.4. The van der Waals surface area contributed by atoms with Gasteiger partial charge in [0.2, 0.25) is 0 Å². The van der Waals surface area contributed by atoms with Crippen LogP contribution in [-0.4, -0.2) is 0 Å². The normalized spacial score (nSPS) is 12.8. The number of benzene rings is 10. The molecule has 64 heavy (non-hydrogen) atoms. The third kappa shape index (κ3) is 5.51. The van der Waals surface area contributed by atoms with E-state index in [1.807, 2.05) is 11.3 Å². The lowest BCUT2D eigenvalue weighted by Crippen LogP contribution is -2.28. The van der Waals surface area contributed by atoms with Crippen molar-refractivity contribution >= 4 is 70.5 Å². The van der Waals surface area contributed by atoms with Crippen LogP contribution in [0.5, 0.6) is 0 Å². The Morgan fingerprint density at radius 2 is 0.953 bits per heavy atom. The van der Waals surface area contributed by atoms with Crippen molar-refractivity contribution in [1.82, 2.24) is 0 Å². The van der Waals surface area contributed by atoms with E-state index in [0.717, 1.165) is 44.6 Å². The van der Waals surface area contributed by atoms with E-state index in [1.165, 1.54) is 70.2 Å². The van der Waals surface area contributed by atoms with Crippen LogP contribution in [0.4, 0.5) is 17.1 Å². The van der Waals surface area contributed by atoms with Crippen LogP contribution in [0.15, 0.2) is 241 Å². The van der Waals surface area contributed by atoms with Gasteiger partial charge in [-0.05, 0) is 98.6 Å². The fourth-order valence-electron chi connectivity index (χ4n) is 10.5. The van der Waals surface area contributed by atoms with E-state index in [1.54, 1.807) is 0 Å². The Labute approximate surface area is 375 Å². The largest absolute Gasteiger partial charge is 0.455 e. The number of hydrogen-bond acceptors (Lipinski definition) is 3. The maximum absolute atomic E-state index is 6.86. The molecule has 3 heteroatoms. The molecule has 0 amide bonds. The summed E-state index contributed by atoms with van der Waals surface area (Å²) in [5.74, 6) is 0. The van der Waals surface area contributed by atoms with E-state index in [9.17, 15) is 0 Å². The molecule has 2 heterocycles. The molecule has 2 nitrogen and oxygen atoms in total. The van der Waals surface area contributed by atoms with Crippen LogP contribution < -0.4 is 4.90 Å². The second kappa shape index (κ2) is 14.6. The van der Waals surface area contributed by atoms with Crippen molar-refractivity contribution in [1.29, 1.82) is 0 Å². The molecule has 0 radical (unpaired) electrons. The van der Waals surface area contributed by atoms with Crippen molar-refractivity contribution in [2.45, 2.75) is 5.41 Å². The first kappa shape index (κ1) is 36.7. The highest BCUT2D eigenvalue weighted by Crippen LogP contribution is 2.59. The molecule has 0 fully saturated rings. The monoisotopic (exact) mass is 833 g/mol. The molecule has 0 aliphatic heterocycles. The Morgan fingerprint density at radius 3 is 1.67 bits per heavy atom. The van der Waals surface area contributed by atoms with Crippen molar-refractivity contribution in [2.24, 2.45) is 0 Å². The van der Waals surface area contributed by atoms with Crippen LogP contribution in [0.3, 0.4) is 0 Å². The van der Waals surface area contributed by atoms with Gasteiger partial charge in [0.15, 0.2) is 0 Å². The highest BCUT2D eigenvalue weighted by Gasteiger charge is 2.47. The van der Waals surface area contributed by atoms with Gasteiger partial charge in [-0.2, -0.15) is 0 Å². The summed E-state index contributed by atoms with van der Waals surface area (Å²) in [5, 5.41) is 4.88. The fourth-order valence-corrected chi connectivity index (χ4v) is 11.8. The number of furan rings is 1.